The molecule has 0 radical (unpaired) electrons. The molecule has 0 aliphatic carbocycles. The van der Waals surface area contributed by atoms with Gasteiger partial charge in [-0.2, -0.15) is 0 Å². The van der Waals surface area contributed by atoms with Gasteiger partial charge in [0.15, 0.2) is 0 Å². The first-order valence-electron chi connectivity index (χ1n) is 5.95. The highest BCUT2D eigenvalue weighted by Crippen LogP contribution is 2.19. The van der Waals surface area contributed by atoms with Gasteiger partial charge in [-0.3, -0.25) is 9.80 Å². The van der Waals surface area contributed by atoms with E-state index in [9.17, 15) is 0 Å². The van der Waals surface area contributed by atoms with Crippen molar-refractivity contribution in [2.75, 3.05) is 33.2 Å². The maximum absolute atomic E-state index is 3.55. The molecule has 0 bridgehead atoms. The molecular weight excluding hydrogens is 174 g/mol. The molecule has 2 aliphatic rings. The lowest BCUT2D eigenvalue weighted by atomic mass is 10.2. The van der Waals surface area contributed by atoms with Gasteiger partial charge < -0.3 is 5.32 Å². The highest BCUT2D eigenvalue weighted by Gasteiger charge is 2.28. The van der Waals surface area contributed by atoms with Gasteiger partial charge in [-0.25, -0.2) is 0 Å². The predicted octanol–water partition coefficient (Wildman–Crippen LogP) is 0.722. The fourth-order valence-corrected chi connectivity index (χ4v) is 2.76. The molecule has 2 atom stereocenters. The summed E-state index contributed by atoms with van der Waals surface area (Å²) in [5.74, 6) is 0. The molecule has 2 rings (SSSR count). The van der Waals surface area contributed by atoms with E-state index in [0.717, 1.165) is 6.17 Å². The molecular formula is C11H23N3. The van der Waals surface area contributed by atoms with E-state index in [1.165, 1.54) is 45.4 Å². The van der Waals surface area contributed by atoms with Crippen LogP contribution in [-0.2, 0) is 0 Å². The Kier molecular flexibility index (Phi) is 3.42. The summed E-state index contributed by atoms with van der Waals surface area (Å²) in [5.41, 5.74) is 0. The van der Waals surface area contributed by atoms with Crippen LogP contribution in [0.5, 0.6) is 0 Å². The zero-order chi connectivity index (χ0) is 9.97. The normalized spacial score (nSPS) is 37.3. The lowest BCUT2D eigenvalue weighted by Gasteiger charge is -2.33. The second kappa shape index (κ2) is 4.60. The molecule has 2 saturated heterocycles. The molecule has 3 nitrogen and oxygen atoms in total. The second-order valence-corrected chi connectivity index (χ2v) is 4.81. The minimum Gasteiger partial charge on any atom is -0.313 e. The topological polar surface area (TPSA) is 18.5 Å². The van der Waals surface area contributed by atoms with Crippen LogP contribution in [0.4, 0.5) is 0 Å². The Balaban J connectivity index is 1.94. The predicted molar refractivity (Wildman–Crippen MR) is 59.3 cm³/mol. The van der Waals surface area contributed by atoms with Crippen LogP contribution in [0, 0.1) is 0 Å². The summed E-state index contributed by atoms with van der Waals surface area (Å²) < 4.78 is 0. The van der Waals surface area contributed by atoms with E-state index in [-0.39, 0.29) is 0 Å². The highest BCUT2D eigenvalue weighted by atomic mass is 15.4. The molecule has 3 heteroatoms. The molecule has 0 amide bonds. The fourth-order valence-electron chi connectivity index (χ4n) is 2.76. The first-order chi connectivity index (χ1) is 6.77. The summed E-state index contributed by atoms with van der Waals surface area (Å²) in [5, 5.41) is 3.55. The van der Waals surface area contributed by atoms with Crippen LogP contribution in [0.3, 0.4) is 0 Å². The van der Waals surface area contributed by atoms with Gasteiger partial charge in [0.2, 0.25) is 0 Å². The van der Waals surface area contributed by atoms with Gasteiger partial charge in [-0.1, -0.05) is 0 Å². The van der Waals surface area contributed by atoms with Crippen molar-refractivity contribution < 1.29 is 0 Å². The largest absolute Gasteiger partial charge is 0.313 e. The molecule has 0 aromatic carbocycles. The van der Waals surface area contributed by atoms with Crippen molar-refractivity contribution in [3.8, 4) is 0 Å². The van der Waals surface area contributed by atoms with Crippen LogP contribution in [0.1, 0.15) is 26.2 Å². The number of nitrogens with zero attached hydrogens (tertiary/aromatic N) is 2. The SMILES string of the molecule is CC1CN(C2CCCN2C)CCCN1. The average molecular weight is 197 g/mol. The number of likely N-dealkylation sites (tertiary alicyclic amines) is 1. The van der Waals surface area contributed by atoms with Crippen molar-refractivity contribution >= 4 is 0 Å². The van der Waals surface area contributed by atoms with Crippen LogP contribution in [0.25, 0.3) is 0 Å². The molecule has 2 fully saturated rings. The van der Waals surface area contributed by atoms with Crippen molar-refractivity contribution in [2.45, 2.75) is 38.4 Å². The van der Waals surface area contributed by atoms with E-state index in [1.807, 2.05) is 0 Å². The van der Waals surface area contributed by atoms with E-state index >= 15 is 0 Å². The summed E-state index contributed by atoms with van der Waals surface area (Å²) in [6.07, 6.45) is 4.76. The van der Waals surface area contributed by atoms with Crippen LogP contribution >= 0.6 is 0 Å². The van der Waals surface area contributed by atoms with E-state index in [0.29, 0.717) is 6.04 Å². The molecule has 0 aromatic heterocycles. The Morgan fingerprint density at radius 2 is 2.07 bits per heavy atom. The van der Waals surface area contributed by atoms with Crippen LogP contribution in [0.15, 0.2) is 0 Å². The summed E-state index contributed by atoms with van der Waals surface area (Å²) in [7, 11) is 2.26. The molecule has 0 aromatic rings. The number of nitrogens with one attached hydrogen (secondary N) is 1. The standard InChI is InChI=1S/C11H23N3/c1-10-9-14(8-4-6-12-10)11-5-3-7-13(11)2/h10-12H,3-9H2,1-2H3. The maximum atomic E-state index is 3.55. The lowest BCUT2D eigenvalue weighted by molar-refractivity contribution is 0.0933. The summed E-state index contributed by atoms with van der Waals surface area (Å²) in [6.45, 7) is 7.26. The molecule has 82 valence electrons. The molecule has 2 unspecified atom stereocenters. The van der Waals surface area contributed by atoms with Crippen LogP contribution in [-0.4, -0.2) is 55.2 Å². The zero-order valence-electron chi connectivity index (χ0n) is 9.50. The Hall–Kier alpha value is -0.120. The minimum absolute atomic E-state index is 0.659. The molecule has 2 heterocycles. The lowest BCUT2D eigenvalue weighted by Crippen LogP contribution is -2.46. The molecule has 0 saturated carbocycles. The average Bonchev–Trinajstić information content (AvgIpc) is 2.45. The van der Waals surface area contributed by atoms with E-state index in [4.69, 9.17) is 0 Å². The third kappa shape index (κ3) is 2.27. The van der Waals surface area contributed by atoms with Crippen LogP contribution in [0.2, 0.25) is 0 Å². The Bertz CT molecular complexity index is 183. The summed E-state index contributed by atoms with van der Waals surface area (Å²) in [4.78, 5) is 5.18. The van der Waals surface area contributed by atoms with Gasteiger partial charge in [0.25, 0.3) is 0 Å². The van der Waals surface area contributed by atoms with Crippen molar-refractivity contribution in [3.05, 3.63) is 0 Å². The first kappa shape index (κ1) is 10.4. The van der Waals surface area contributed by atoms with E-state index in [2.05, 4.69) is 29.1 Å². The second-order valence-electron chi connectivity index (χ2n) is 4.81. The number of hydrogen-bond donors (Lipinski definition) is 1. The van der Waals surface area contributed by atoms with Crippen molar-refractivity contribution in [1.82, 2.24) is 15.1 Å². The van der Waals surface area contributed by atoms with Gasteiger partial charge in [-0.15, -0.1) is 0 Å². The molecule has 14 heavy (non-hydrogen) atoms. The van der Waals surface area contributed by atoms with Crippen molar-refractivity contribution in [3.63, 3.8) is 0 Å². The number of rotatable bonds is 1. The quantitative estimate of drug-likeness (QED) is 0.668. The van der Waals surface area contributed by atoms with Crippen molar-refractivity contribution in [1.29, 1.82) is 0 Å². The molecule has 0 spiro atoms. The smallest absolute Gasteiger partial charge is 0.0620 e. The van der Waals surface area contributed by atoms with Gasteiger partial charge in [0, 0.05) is 19.1 Å². The highest BCUT2D eigenvalue weighted by molar-refractivity contribution is 4.82. The third-order valence-corrected chi connectivity index (χ3v) is 3.53. The summed E-state index contributed by atoms with van der Waals surface area (Å²) >= 11 is 0. The van der Waals surface area contributed by atoms with Gasteiger partial charge in [0.05, 0.1) is 6.17 Å². The number of hydrogen-bond acceptors (Lipinski definition) is 3. The van der Waals surface area contributed by atoms with Gasteiger partial charge in [0.1, 0.15) is 0 Å². The maximum Gasteiger partial charge on any atom is 0.0620 e. The van der Waals surface area contributed by atoms with E-state index < -0.39 is 0 Å². The Labute approximate surface area is 87.4 Å². The fraction of sp³-hybridized carbons (Fsp3) is 1.00. The summed E-state index contributed by atoms with van der Waals surface area (Å²) in [6, 6.07) is 0.659. The van der Waals surface area contributed by atoms with Crippen molar-refractivity contribution in [2.24, 2.45) is 0 Å². The molecule has 1 N–H and O–H groups in total. The van der Waals surface area contributed by atoms with Gasteiger partial charge in [-0.05, 0) is 46.3 Å². The minimum atomic E-state index is 0.659. The molecule has 2 aliphatic heterocycles. The van der Waals surface area contributed by atoms with E-state index in [1.54, 1.807) is 0 Å². The monoisotopic (exact) mass is 197 g/mol. The van der Waals surface area contributed by atoms with Gasteiger partial charge >= 0.3 is 0 Å². The Morgan fingerprint density at radius 3 is 2.79 bits per heavy atom. The van der Waals surface area contributed by atoms with Crippen LogP contribution < -0.4 is 5.32 Å². The first-order valence-corrected chi connectivity index (χ1v) is 5.95. The zero-order valence-corrected chi connectivity index (χ0v) is 9.50. The Morgan fingerprint density at radius 1 is 1.21 bits per heavy atom. The third-order valence-electron chi connectivity index (χ3n) is 3.53.